The van der Waals surface area contributed by atoms with Crippen molar-refractivity contribution in [1.29, 1.82) is 0 Å². The predicted octanol–water partition coefficient (Wildman–Crippen LogP) is 2.08. The van der Waals surface area contributed by atoms with Crippen molar-refractivity contribution in [3.8, 4) is 5.75 Å². The number of nitrogens with zero attached hydrogens (tertiary/aromatic N) is 3. The van der Waals surface area contributed by atoms with Crippen LogP contribution >= 0.6 is 0 Å². The van der Waals surface area contributed by atoms with Crippen molar-refractivity contribution >= 4 is 31.6 Å². The molecule has 1 fully saturated rings. The summed E-state index contributed by atoms with van der Waals surface area (Å²) in [7, 11) is -7.37. The van der Waals surface area contributed by atoms with Gasteiger partial charge in [-0.2, -0.15) is 4.31 Å². The first-order valence-corrected chi connectivity index (χ1v) is 14.4. The highest BCUT2D eigenvalue weighted by Gasteiger charge is 2.31. The molecule has 0 atom stereocenters. The summed E-state index contributed by atoms with van der Waals surface area (Å²) in [5.41, 5.74) is 1.33. The molecule has 1 heterocycles. The van der Waals surface area contributed by atoms with E-state index in [-0.39, 0.29) is 43.5 Å². The third-order valence-electron chi connectivity index (χ3n) is 5.53. The minimum atomic E-state index is -3.72. The van der Waals surface area contributed by atoms with Gasteiger partial charge >= 0.3 is 0 Å². The van der Waals surface area contributed by atoms with Crippen LogP contribution < -0.4 is 9.04 Å². The molecule has 0 bridgehead atoms. The Morgan fingerprint density at radius 3 is 2.06 bits per heavy atom. The second-order valence-corrected chi connectivity index (χ2v) is 12.1. The summed E-state index contributed by atoms with van der Waals surface area (Å²) in [6.45, 7) is 4.72. The summed E-state index contributed by atoms with van der Waals surface area (Å²) in [4.78, 5) is 14.6. The van der Waals surface area contributed by atoms with Crippen LogP contribution in [-0.4, -0.2) is 77.5 Å². The molecular weight excluding hydrogens is 478 g/mol. The standard InChI is InChI=1S/C23H31N3O6S2/c1-4-17-32-21-9-7-20(8-10-21)26(33(3,28)29)18-23(27)24-13-15-25(16-14-24)34(30,31)22-11-5-19(2)6-12-22/h5-12H,4,13-18H2,1-3H3. The quantitative estimate of drug-likeness (QED) is 0.513. The summed E-state index contributed by atoms with van der Waals surface area (Å²) < 4.78 is 58.5. The highest BCUT2D eigenvalue weighted by Crippen LogP contribution is 2.23. The Morgan fingerprint density at radius 2 is 1.53 bits per heavy atom. The van der Waals surface area contributed by atoms with E-state index in [4.69, 9.17) is 4.74 Å². The van der Waals surface area contributed by atoms with Crippen LogP contribution in [0.5, 0.6) is 5.75 Å². The van der Waals surface area contributed by atoms with E-state index in [1.807, 2.05) is 13.8 Å². The van der Waals surface area contributed by atoms with Crippen LogP contribution in [0.1, 0.15) is 18.9 Å². The lowest BCUT2D eigenvalue weighted by Gasteiger charge is -2.35. The highest BCUT2D eigenvalue weighted by molar-refractivity contribution is 7.92. The zero-order valence-electron chi connectivity index (χ0n) is 19.7. The lowest BCUT2D eigenvalue weighted by molar-refractivity contribution is -0.130. The van der Waals surface area contributed by atoms with Gasteiger partial charge in [-0.15, -0.1) is 0 Å². The summed E-state index contributed by atoms with van der Waals surface area (Å²) in [5, 5.41) is 0. The van der Waals surface area contributed by atoms with E-state index in [2.05, 4.69) is 0 Å². The van der Waals surface area contributed by atoms with Crippen molar-refractivity contribution in [2.75, 3.05) is 49.9 Å². The molecule has 0 aliphatic carbocycles. The van der Waals surface area contributed by atoms with Gasteiger partial charge in [0, 0.05) is 26.2 Å². The second-order valence-electron chi connectivity index (χ2n) is 8.21. The van der Waals surface area contributed by atoms with Gasteiger partial charge in [-0.1, -0.05) is 24.6 Å². The largest absolute Gasteiger partial charge is 0.494 e. The van der Waals surface area contributed by atoms with E-state index in [1.165, 1.54) is 9.21 Å². The third-order valence-corrected chi connectivity index (χ3v) is 8.58. The van der Waals surface area contributed by atoms with Gasteiger partial charge in [0.05, 0.1) is 23.4 Å². The summed E-state index contributed by atoms with van der Waals surface area (Å²) in [5.74, 6) is 0.236. The Bertz CT molecular complexity index is 1190. The average Bonchev–Trinajstić information content (AvgIpc) is 2.81. The normalized spacial score (nSPS) is 15.2. The van der Waals surface area contributed by atoms with Gasteiger partial charge in [-0.05, 0) is 49.7 Å². The van der Waals surface area contributed by atoms with Crippen LogP contribution in [0.2, 0.25) is 0 Å². The number of ether oxygens (including phenoxy) is 1. The number of piperazine rings is 1. The molecule has 34 heavy (non-hydrogen) atoms. The number of sulfonamides is 2. The van der Waals surface area contributed by atoms with Crippen molar-refractivity contribution in [3.63, 3.8) is 0 Å². The Morgan fingerprint density at radius 1 is 0.941 bits per heavy atom. The highest BCUT2D eigenvalue weighted by atomic mass is 32.2. The maximum atomic E-state index is 12.9. The Labute approximate surface area is 202 Å². The number of carbonyl (C=O) groups is 1. The Balaban J connectivity index is 1.65. The number of aryl methyl sites for hydroxylation is 1. The first-order chi connectivity index (χ1) is 16.0. The monoisotopic (exact) mass is 509 g/mol. The van der Waals surface area contributed by atoms with Gasteiger partial charge in [0.15, 0.2) is 0 Å². The maximum Gasteiger partial charge on any atom is 0.243 e. The molecule has 0 aromatic heterocycles. The van der Waals surface area contributed by atoms with Crippen LogP contribution in [0.3, 0.4) is 0 Å². The van der Waals surface area contributed by atoms with E-state index in [0.717, 1.165) is 22.5 Å². The number of benzene rings is 2. The lowest BCUT2D eigenvalue weighted by atomic mass is 10.2. The van der Waals surface area contributed by atoms with Crippen molar-refractivity contribution in [2.45, 2.75) is 25.2 Å². The molecule has 1 aliphatic rings. The van der Waals surface area contributed by atoms with Crippen molar-refractivity contribution in [3.05, 3.63) is 54.1 Å². The summed E-state index contributed by atoms with van der Waals surface area (Å²) in [6, 6.07) is 13.2. The SMILES string of the molecule is CCCOc1ccc(N(CC(=O)N2CCN(S(=O)(=O)c3ccc(C)cc3)CC2)S(C)(=O)=O)cc1. The zero-order valence-corrected chi connectivity index (χ0v) is 21.3. The summed E-state index contributed by atoms with van der Waals surface area (Å²) >= 11 is 0. The minimum absolute atomic E-state index is 0.143. The third kappa shape index (κ3) is 6.28. The van der Waals surface area contributed by atoms with Gasteiger partial charge in [0.25, 0.3) is 0 Å². The molecule has 0 saturated carbocycles. The topological polar surface area (TPSA) is 104 Å². The molecule has 11 heteroatoms. The lowest BCUT2D eigenvalue weighted by Crippen LogP contribution is -2.53. The fourth-order valence-electron chi connectivity index (χ4n) is 3.59. The molecule has 2 aromatic rings. The minimum Gasteiger partial charge on any atom is -0.494 e. The molecule has 0 radical (unpaired) electrons. The van der Waals surface area contributed by atoms with Gasteiger partial charge < -0.3 is 9.64 Å². The second kappa shape index (κ2) is 10.7. The van der Waals surface area contributed by atoms with Gasteiger partial charge in [0.2, 0.25) is 26.0 Å². The van der Waals surface area contributed by atoms with Gasteiger partial charge in [-0.3, -0.25) is 9.10 Å². The van der Waals surface area contributed by atoms with Crippen LogP contribution in [0, 0.1) is 6.92 Å². The molecule has 0 spiro atoms. The number of amides is 1. The molecule has 1 saturated heterocycles. The smallest absolute Gasteiger partial charge is 0.243 e. The van der Waals surface area contributed by atoms with E-state index in [9.17, 15) is 21.6 Å². The van der Waals surface area contributed by atoms with E-state index >= 15 is 0 Å². The molecular formula is C23H31N3O6S2. The zero-order chi connectivity index (χ0) is 24.9. The summed E-state index contributed by atoms with van der Waals surface area (Å²) in [6.07, 6.45) is 1.90. The maximum absolute atomic E-state index is 12.9. The Hall–Kier alpha value is -2.63. The molecule has 1 amide bonds. The first kappa shape index (κ1) is 26.0. The van der Waals surface area contributed by atoms with Gasteiger partial charge in [0.1, 0.15) is 12.3 Å². The number of carbonyl (C=O) groups excluding carboxylic acids is 1. The molecule has 0 N–H and O–H groups in total. The molecule has 3 rings (SSSR count). The van der Waals surface area contributed by atoms with Crippen LogP contribution in [0.4, 0.5) is 5.69 Å². The van der Waals surface area contributed by atoms with E-state index in [1.54, 1.807) is 48.5 Å². The van der Waals surface area contributed by atoms with Crippen molar-refractivity contribution in [1.82, 2.24) is 9.21 Å². The van der Waals surface area contributed by atoms with E-state index < -0.39 is 20.0 Å². The van der Waals surface area contributed by atoms with Crippen LogP contribution in [-0.2, 0) is 24.8 Å². The van der Waals surface area contributed by atoms with Crippen molar-refractivity contribution < 1.29 is 26.4 Å². The number of rotatable bonds is 9. The van der Waals surface area contributed by atoms with E-state index in [0.29, 0.717) is 18.0 Å². The molecule has 186 valence electrons. The Kier molecular flexibility index (Phi) is 8.21. The van der Waals surface area contributed by atoms with Crippen LogP contribution in [0.25, 0.3) is 0 Å². The van der Waals surface area contributed by atoms with Crippen molar-refractivity contribution in [2.24, 2.45) is 0 Å². The average molecular weight is 510 g/mol. The first-order valence-electron chi connectivity index (χ1n) is 11.1. The molecule has 9 nitrogen and oxygen atoms in total. The predicted molar refractivity (Wildman–Crippen MR) is 131 cm³/mol. The molecule has 2 aromatic carbocycles. The number of hydrogen-bond donors (Lipinski definition) is 0. The number of hydrogen-bond acceptors (Lipinski definition) is 6. The van der Waals surface area contributed by atoms with Crippen LogP contribution in [0.15, 0.2) is 53.4 Å². The fourth-order valence-corrected chi connectivity index (χ4v) is 5.86. The molecule has 1 aliphatic heterocycles. The van der Waals surface area contributed by atoms with Gasteiger partial charge in [-0.25, -0.2) is 16.8 Å². The number of anilines is 1. The fraction of sp³-hybridized carbons (Fsp3) is 0.435. The molecule has 0 unspecified atom stereocenters.